The minimum absolute atomic E-state index is 0.153. The molecule has 0 fully saturated rings. The van der Waals surface area contributed by atoms with Crippen molar-refractivity contribution in [1.82, 2.24) is 19.6 Å². The van der Waals surface area contributed by atoms with Crippen molar-refractivity contribution in [1.29, 1.82) is 0 Å². The van der Waals surface area contributed by atoms with Crippen LogP contribution in [0.25, 0.3) is 0 Å². The second-order valence-electron chi connectivity index (χ2n) is 5.15. The number of nitrogens with zero attached hydrogens (tertiary/aromatic N) is 4. The third kappa shape index (κ3) is 3.46. The number of aromatic nitrogens is 4. The van der Waals surface area contributed by atoms with E-state index in [4.69, 9.17) is 11.6 Å². The molecule has 0 saturated heterocycles. The van der Waals surface area contributed by atoms with Gasteiger partial charge in [-0.3, -0.25) is 14.2 Å². The van der Waals surface area contributed by atoms with Crippen LogP contribution in [0, 0.1) is 5.82 Å². The van der Waals surface area contributed by atoms with Crippen LogP contribution in [0.2, 0.25) is 5.02 Å². The Balaban J connectivity index is 1.70. The number of nitrogens with one attached hydrogen (secondary N) is 1. The maximum Gasteiger partial charge on any atom is 0.277 e. The number of hydrogen-bond acceptors (Lipinski definition) is 3. The third-order valence-electron chi connectivity index (χ3n) is 3.44. The van der Waals surface area contributed by atoms with Crippen LogP contribution in [0.15, 0.2) is 42.9 Å². The molecule has 0 aliphatic rings. The SMILES string of the molecule is CCn1cc(Cl)c(C(=O)Nc2cnn(Cc3ccccc3F)c2)n1. The van der Waals surface area contributed by atoms with Crippen molar-refractivity contribution >= 4 is 23.2 Å². The summed E-state index contributed by atoms with van der Waals surface area (Å²) in [5, 5.41) is 11.2. The molecule has 6 nitrogen and oxygen atoms in total. The van der Waals surface area contributed by atoms with Crippen LogP contribution >= 0.6 is 11.6 Å². The molecule has 0 unspecified atom stereocenters. The fraction of sp³-hybridized carbons (Fsp3) is 0.188. The second-order valence-corrected chi connectivity index (χ2v) is 5.56. The lowest BCUT2D eigenvalue weighted by Gasteiger charge is -2.03. The second kappa shape index (κ2) is 6.84. The molecule has 1 N–H and O–H groups in total. The fourth-order valence-corrected chi connectivity index (χ4v) is 2.46. The van der Waals surface area contributed by atoms with E-state index in [2.05, 4.69) is 15.5 Å². The van der Waals surface area contributed by atoms with Gasteiger partial charge in [0.2, 0.25) is 0 Å². The van der Waals surface area contributed by atoms with E-state index in [1.54, 1.807) is 40.0 Å². The molecular weight excluding hydrogens is 333 g/mol. The normalized spacial score (nSPS) is 10.8. The van der Waals surface area contributed by atoms with E-state index < -0.39 is 5.91 Å². The molecule has 124 valence electrons. The van der Waals surface area contributed by atoms with E-state index in [1.165, 1.54) is 12.3 Å². The van der Waals surface area contributed by atoms with E-state index >= 15 is 0 Å². The number of halogens is 2. The average molecular weight is 348 g/mol. The van der Waals surface area contributed by atoms with Gasteiger partial charge in [-0.05, 0) is 13.0 Å². The van der Waals surface area contributed by atoms with Gasteiger partial charge in [-0.25, -0.2) is 4.39 Å². The highest BCUT2D eigenvalue weighted by Gasteiger charge is 2.16. The van der Waals surface area contributed by atoms with E-state index in [1.807, 2.05) is 6.92 Å². The van der Waals surface area contributed by atoms with Gasteiger partial charge in [0.25, 0.3) is 5.91 Å². The van der Waals surface area contributed by atoms with Gasteiger partial charge in [0.1, 0.15) is 5.82 Å². The maximum atomic E-state index is 13.7. The zero-order valence-corrected chi connectivity index (χ0v) is 13.7. The number of carbonyl (C=O) groups is 1. The minimum atomic E-state index is -0.419. The van der Waals surface area contributed by atoms with Gasteiger partial charge >= 0.3 is 0 Å². The topological polar surface area (TPSA) is 64.7 Å². The van der Waals surface area contributed by atoms with Gasteiger partial charge in [0.05, 0.1) is 23.5 Å². The van der Waals surface area contributed by atoms with E-state index in [0.29, 0.717) is 17.8 Å². The molecule has 0 aliphatic carbocycles. The van der Waals surface area contributed by atoms with Crippen molar-refractivity contribution in [3.63, 3.8) is 0 Å². The van der Waals surface area contributed by atoms with Gasteiger partial charge in [-0.15, -0.1) is 0 Å². The summed E-state index contributed by atoms with van der Waals surface area (Å²) < 4.78 is 16.8. The number of hydrogen-bond donors (Lipinski definition) is 1. The van der Waals surface area contributed by atoms with Gasteiger partial charge < -0.3 is 5.32 Å². The Morgan fingerprint density at radius 1 is 1.29 bits per heavy atom. The van der Waals surface area contributed by atoms with Crippen LogP contribution in [-0.4, -0.2) is 25.5 Å². The Morgan fingerprint density at radius 3 is 2.79 bits per heavy atom. The summed E-state index contributed by atoms with van der Waals surface area (Å²) in [4.78, 5) is 12.2. The molecule has 2 aromatic heterocycles. The molecule has 0 spiro atoms. The first-order chi connectivity index (χ1) is 11.6. The molecule has 8 heteroatoms. The van der Waals surface area contributed by atoms with Crippen molar-refractivity contribution < 1.29 is 9.18 Å². The molecule has 0 atom stereocenters. The monoisotopic (exact) mass is 347 g/mol. The highest BCUT2D eigenvalue weighted by molar-refractivity contribution is 6.34. The lowest BCUT2D eigenvalue weighted by molar-refractivity contribution is 0.102. The lowest BCUT2D eigenvalue weighted by atomic mass is 10.2. The van der Waals surface area contributed by atoms with Gasteiger partial charge in [-0.2, -0.15) is 10.2 Å². The van der Waals surface area contributed by atoms with Gasteiger partial charge in [0.15, 0.2) is 5.69 Å². The molecule has 1 aromatic carbocycles. The largest absolute Gasteiger partial charge is 0.318 e. The quantitative estimate of drug-likeness (QED) is 0.770. The lowest BCUT2D eigenvalue weighted by Crippen LogP contribution is -2.13. The molecular formula is C16H15ClFN5O. The predicted molar refractivity (Wildman–Crippen MR) is 88.6 cm³/mol. The van der Waals surface area contributed by atoms with Crippen LogP contribution in [-0.2, 0) is 13.1 Å². The van der Waals surface area contributed by atoms with E-state index in [0.717, 1.165) is 0 Å². The molecule has 3 aromatic rings. The summed E-state index contributed by atoms with van der Waals surface area (Å²) in [6, 6.07) is 6.48. The molecule has 1 amide bonds. The predicted octanol–water partition coefficient (Wildman–Crippen LogP) is 3.19. The van der Waals surface area contributed by atoms with Crippen molar-refractivity contribution in [2.24, 2.45) is 0 Å². The minimum Gasteiger partial charge on any atom is -0.318 e. The van der Waals surface area contributed by atoms with E-state index in [9.17, 15) is 9.18 Å². The summed E-state index contributed by atoms with van der Waals surface area (Å²) >= 11 is 6.01. The summed E-state index contributed by atoms with van der Waals surface area (Å²) in [5.41, 5.74) is 1.15. The van der Waals surface area contributed by atoms with Gasteiger partial charge in [-0.1, -0.05) is 29.8 Å². The van der Waals surface area contributed by atoms with Crippen LogP contribution in [0.4, 0.5) is 10.1 Å². The molecule has 0 saturated carbocycles. The molecule has 24 heavy (non-hydrogen) atoms. The van der Waals surface area contributed by atoms with Gasteiger partial charge in [0, 0.05) is 24.5 Å². The van der Waals surface area contributed by atoms with Crippen LogP contribution in [0.5, 0.6) is 0 Å². The smallest absolute Gasteiger partial charge is 0.277 e. The maximum absolute atomic E-state index is 13.7. The first-order valence-corrected chi connectivity index (χ1v) is 7.74. The highest BCUT2D eigenvalue weighted by atomic mass is 35.5. The van der Waals surface area contributed by atoms with Crippen LogP contribution < -0.4 is 5.32 Å². The molecule has 0 bridgehead atoms. The molecule has 2 heterocycles. The van der Waals surface area contributed by atoms with Crippen LogP contribution in [0.3, 0.4) is 0 Å². The highest BCUT2D eigenvalue weighted by Crippen LogP contribution is 2.16. The Morgan fingerprint density at radius 2 is 2.08 bits per heavy atom. The zero-order chi connectivity index (χ0) is 17.1. The van der Waals surface area contributed by atoms with E-state index in [-0.39, 0.29) is 23.1 Å². The fourth-order valence-electron chi connectivity index (χ4n) is 2.22. The Labute approximate surface area is 142 Å². The number of aryl methyl sites for hydroxylation is 1. The number of anilines is 1. The van der Waals surface area contributed by atoms with Crippen molar-refractivity contribution in [3.8, 4) is 0 Å². The Kier molecular flexibility index (Phi) is 4.61. The molecule has 0 aliphatic heterocycles. The number of rotatable bonds is 5. The Hall–Kier alpha value is -2.67. The number of amides is 1. The standard InChI is InChI=1S/C16H15ClFN5O/c1-2-22-10-13(17)15(21-22)16(24)20-12-7-19-23(9-12)8-11-5-3-4-6-14(11)18/h3-7,9-10H,2,8H2,1H3,(H,20,24). The number of carbonyl (C=O) groups excluding carboxylic acids is 1. The van der Waals surface area contributed by atoms with Crippen molar-refractivity contribution in [2.45, 2.75) is 20.0 Å². The first-order valence-electron chi connectivity index (χ1n) is 7.37. The summed E-state index contributed by atoms with van der Waals surface area (Å²) in [7, 11) is 0. The number of benzene rings is 1. The molecule has 3 rings (SSSR count). The Bertz CT molecular complexity index is 873. The average Bonchev–Trinajstić information content (AvgIpc) is 3.16. The molecule has 0 radical (unpaired) electrons. The van der Waals surface area contributed by atoms with Crippen molar-refractivity contribution in [3.05, 3.63) is 65.0 Å². The zero-order valence-electron chi connectivity index (χ0n) is 12.9. The summed E-state index contributed by atoms with van der Waals surface area (Å²) in [6.07, 6.45) is 4.70. The summed E-state index contributed by atoms with van der Waals surface area (Å²) in [6.45, 7) is 2.79. The first kappa shape index (κ1) is 16.2. The summed E-state index contributed by atoms with van der Waals surface area (Å²) in [5.74, 6) is -0.715. The van der Waals surface area contributed by atoms with Crippen molar-refractivity contribution in [2.75, 3.05) is 5.32 Å². The third-order valence-corrected chi connectivity index (χ3v) is 3.71. The van der Waals surface area contributed by atoms with Crippen LogP contribution in [0.1, 0.15) is 23.0 Å².